The van der Waals surface area contributed by atoms with Crippen LogP contribution in [0, 0.1) is 6.92 Å². The van der Waals surface area contributed by atoms with Gasteiger partial charge in [0.2, 0.25) is 0 Å². The van der Waals surface area contributed by atoms with Crippen molar-refractivity contribution in [3.63, 3.8) is 0 Å². The number of urea groups is 1. The molecule has 0 radical (unpaired) electrons. The van der Waals surface area contributed by atoms with Crippen molar-refractivity contribution in [2.24, 2.45) is 0 Å². The Kier molecular flexibility index (Phi) is 6.25. The van der Waals surface area contributed by atoms with E-state index < -0.39 is 0 Å². The van der Waals surface area contributed by atoms with Gasteiger partial charge < -0.3 is 24.4 Å². The predicted molar refractivity (Wildman–Crippen MR) is 116 cm³/mol. The highest BCUT2D eigenvalue weighted by Crippen LogP contribution is 2.20. The summed E-state index contributed by atoms with van der Waals surface area (Å²) in [6.45, 7) is 5.60. The van der Waals surface area contributed by atoms with Crippen LogP contribution in [0.1, 0.15) is 45.7 Å². The number of hydrogen-bond acceptors (Lipinski definition) is 4. The fraction of sp³-hybridized carbons (Fsp3) is 0.435. The van der Waals surface area contributed by atoms with E-state index in [2.05, 4.69) is 5.32 Å². The fourth-order valence-electron chi connectivity index (χ4n) is 4.05. The van der Waals surface area contributed by atoms with Crippen molar-refractivity contribution in [1.82, 2.24) is 14.7 Å². The zero-order valence-corrected chi connectivity index (χ0v) is 17.8. The lowest BCUT2D eigenvalue weighted by Crippen LogP contribution is -2.54. The van der Waals surface area contributed by atoms with Gasteiger partial charge in [-0.3, -0.25) is 9.59 Å². The van der Waals surface area contributed by atoms with E-state index in [0.29, 0.717) is 37.4 Å². The monoisotopic (exact) mass is 424 g/mol. The van der Waals surface area contributed by atoms with Crippen molar-refractivity contribution in [1.29, 1.82) is 0 Å². The van der Waals surface area contributed by atoms with E-state index in [9.17, 15) is 14.4 Å². The number of piperidine rings is 1. The quantitative estimate of drug-likeness (QED) is 0.820. The number of piperazine rings is 1. The summed E-state index contributed by atoms with van der Waals surface area (Å²) < 4.78 is 5.13. The molecule has 2 aliphatic heterocycles. The van der Waals surface area contributed by atoms with Crippen LogP contribution in [-0.2, 0) is 0 Å². The summed E-state index contributed by atoms with van der Waals surface area (Å²) in [5.74, 6) is -0.244. The molecule has 4 amide bonds. The highest BCUT2D eigenvalue weighted by molar-refractivity contribution is 6.04. The average molecular weight is 425 g/mol. The van der Waals surface area contributed by atoms with Gasteiger partial charge in [0.25, 0.3) is 11.8 Å². The Morgan fingerprint density at radius 1 is 0.871 bits per heavy atom. The van der Waals surface area contributed by atoms with Gasteiger partial charge in [0.15, 0.2) is 5.76 Å². The highest BCUT2D eigenvalue weighted by atomic mass is 16.3. The van der Waals surface area contributed by atoms with Crippen LogP contribution >= 0.6 is 0 Å². The molecule has 1 aromatic carbocycles. The Balaban J connectivity index is 1.37. The van der Waals surface area contributed by atoms with E-state index in [4.69, 9.17) is 4.42 Å². The molecular formula is C23H28N4O4. The van der Waals surface area contributed by atoms with E-state index >= 15 is 0 Å². The molecule has 2 fully saturated rings. The second-order valence-corrected chi connectivity index (χ2v) is 8.07. The number of amides is 4. The Labute approximate surface area is 181 Å². The number of anilines is 1. The van der Waals surface area contributed by atoms with Gasteiger partial charge in [0.1, 0.15) is 0 Å². The summed E-state index contributed by atoms with van der Waals surface area (Å²) in [7, 11) is 0. The first-order valence-electron chi connectivity index (χ1n) is 10.8. The number of aryl methyl sites for hydroxylation is 1. The normalized spacial score (nSPS) is 16.9. The third-order valence-corrected chi connectivity index (χ3v) is 5.94. The maximum atomic E-state index is 13.0. The molecule has 2 saturated heterocycles. The lowest BCUT2D eigenvalue weighted by molar-refractivity contribution is 0.0633. The molecule has 1 N–H and O–H groups in total. The summed E-state index contributed by atoms with van der Waals surface area (Å²) >= 11 is 0. The van der Waals surface area contributed by atoms with E-state index in [-0.39, 0.29) is 23.6 Å². The molecule has 3 heterocycles. The van der Waals surface area contributed by atoms with Gasteiger partial charge in [-0.15, -0.1) is 0 Å². The number of furan rings is 1. The van der Waals surface area contributed by atoms with Crippen LogP contribution in [0.5, 0.6) is 0 Å². The number of benzene rings is 1. The molecule has 8 heteroatoms. The Hall–Kier alpha value is -3.29. The molecule has 0 unspecified atom stereocenters. The predicted octanol–water partition coefficient (Wildman–Crippen LogP) is 3.20. The smallest absolute Gasteiger partial charge is 0.320 e. The lowest BCUT2D eigenvalue weighted by Gasteiger charge is -2.38. The first-order valence-corrected chi connectivity index (χ1v) is 10.8. The molecule has 164 valence electrons. The topological polar surface area (TPSA) is 86.1 Å². The molecule has 0 spiro atoms. The summed E-state index contributed by atoms with van der Waals surface area (Å²) in [6.07, 6.45) is 4.76. The van der Waals surface area contributed by atoms with Crippen LogP contribution in [0.2, 0.25) is 0 Å². The van der Waals surface area contributed by atoms with Crippen molar-refractivity contribution in [3.05, 3.63) is 53.5 Å². The van der Waals surface area contributed by atoms with Crippen molar-refractivity contribution in [2.75, 3.05) is 44.6 Å². The number of nitrogens with one attached hydrogen (secondary N) is 1. The molecule has 0 bridgehead atoms. The molecule has 0 aliphatic carbocycles. The van der Waals surface area contributed by atoms with E-state index in [0.717, 1.165) is 31.5 Å². The van der Waals surface area contributed by atoms with Crippen LogP contribution in [0.3, 0.4) is 0 Å². The Bertz CT molecular complexity index is 942. The zero-order chi connectivity index (χ0) is 21.8. The molecule has 8 nitrogen and oxygen atoms in total. The minimum atomic E-state index is -0.359. The fourth-order valence-corrected chi connectivity index (χ4v) is 4.05. The summed E-state index contributed by atoms with van der Waals surface area (Å²) in [5.41, 5.74) is 1.94. The molecule has 2 aromatic rings. The van der Waals surface area contributed by atoms with E-state index in [1.165, 1.54) is 12.7 Å². The number of hydrogen-bond donors (Lipinski definition) is 1. The van der Waals surface area contributed by atoms with Crippen molar-refractivity contribution in [3.8, 4) is 0 Å². The molecule has 4 rings (SSSR count). The highest BCUT2D eigenvalue weighted by Gasteiger charge is 2.28. The lowest BCUT2D eigenvalue weighted by atomic mass is 10.1. The van der Waals surface area contributed by atoms with Crippen LogP contribution < -0.4 is 5.32 Å². The van der Waals surface area contributed by atoms with Crippen molar-refractivity contribution >= 4 is 23.5 Å². The second-order valence-electron chi connectivity index (χ2n) is 8.07. The van der Waals surface area contributed by atoms with Crippen LogP contribution in [0.25, 0.3) is 0 Å². The van der Waals surface area contributed by atoms with Gasteiger partial charge in [0.05, 0.1) is 6.26 Å². The molecule has 0 saturated carbocycles. The first-order chi connectivity index (χ1) is 15.0. The largest absolute Gasteiger partial charge is 0.459 e. The van der Waals surface area contributed by atoms with Gasteiger partial charge in [-0.25, -0.2) is 4.79 Å². The molecule has 0 atom stereocenters. The zero-order valence-electron chi connectivity index (χ0n) is 17.8. The summed E-state index contributed by atoms with van der Waals surface area (Å²) in [4.78, 5) is 43.6. The van der Waals surface area contributed by atoms with Crippen LogP contribution in [-0.4, -0.2) is 71.8 Å². The maximum absolute atomic E-state index is 13.0. The van der Waals surface area contributed by atoms with Gasteiger partial charge in [-0.05, 0) is 56.0 Å². The molecule has 1 aromatic heterocycles. The standard InChI is InChI=1S/C23H28N4O4/c1-17-7-8-18(16-19(17)24-21(28)20-6-5-15-31-20)22(29)25-11-13-27(14-12-25)23(30)26-9-3-2-4-10-26/h5-8,15-16H,2-4,9-14H2,1H3,(H,24,28). The summed E-state index contributed by atoms with van der Waals surface area (Å²) in [5, 5.41) is 2.81. The third kappa shape index (κ3) is 4.73. The Morgan fingerprint density at radius 2 is 1.55 bits per heavy atom. The number of rotatable bonds is 3. The van der Waals surface area contributed by atoms with Crippen LogP contribution in [0.4, 0.5) is 10.5 Å². The SMILES string of the molecule is Cc1ccc(C(=O)N2CCN(C(=O)N3CCCCC3)CC2)cc1NC(=O)c1ccco1. The van der Waals surface area contributed by atoms with Gasteiger partial charge in [-0.2, -0.15) is 0 Å². The van der Waals surface area contributed by atoms with E-state index in [1.54, 1.807) is 29.2 Å². The molecule has 31 heavy (non-hydrogen) atoms. The van der Waals surface area contributed by atoms with E-state index in [1.807, 2.05) is 22.8 Å². The number of nitrogens with zero attached hydrogens (tertiary/aromatic N) is 3. The Morgan fingerprint density at radius 3 is 2.23 bits per heavy atom. The van der Waals surface area contributed by atoms with Crippen molar-refractivity contribution in [2.45, 2.75) is 26.2 Å². The minimum absolute atomic E-state index is 0.0880. The maximum Gasteiger partial charge on any atom is 0.320 e. The summed E-state index contributed by atoms with van der Waals surface area (Å²) in [6, 6.07) is 8.61. The first kappa shape index (κ1) is 21.0. The number of carbonyl (C=O) groups is 3. The van der Waals surface area contributed by atoms with Gasteiger partial charge in [-0.1, -0.05) is 6.07 Å². The molecular weight excluding hydrogens is 396 g/mol. The van der Waals surface area contributed by atoms with Gasteiger partial charge >= 0.3 is 6.03 Å². The van der Waals surface area contributed by atoms with Crippen LogP contribution in [0.15, 0.2) is 41.0 Å². The second kappa shape index (κ2) is 9.24. The number of carbonyl (C=O) groups excluding carboxylic acids is 3. The third-order valence-electron chi connectivity index (χ3n) is 5.94. The molecule has 2 aliphatic rings. The van der Waals surface area contributed by atoms with Crippen molar-refractivity contribution < 1.29 is 18.8 Å². The van der Waals surface area contributed by atoms with Gasteiger partial charge in [0, 0.05) is 50.5 Å². The number of likely N-dealkylation sites (tertiary alicyclic amines) is 1. The average Bonchev–Trinajstić information content (AvgIpc) is 3.35. The minimum Gasteiger partial charge on any atom is -0.459 e.